The van der Waals surface area contributed by atoms with Crippen LogP contribution >= 0.6 is 0 Å². The molecule has 0 aromatic heterocycles. The molecule has 0 amide bonds. The van der Waals surface area contributed by atoms with Gasteiger partial charge in [-0.1, -0.05) is 12.1 Å². The molecule has 1 atom stereocenters. The summed E-state index contributed by atoms with van der Waals surface area (Å²) in [6.45, 7) is 0.256. The van der Waals surface area contributed by atoms with E-state index in [1.165, 1.54) is 0 Å². The van der Waals surface area contributed by atoms with Crippen molar-refractivity contribution < 1.29 is 18.3 Å². The molecule has 1 unspecified atom stereocenters. The maximum absolute atomic E-state index is 13.1. The van der Waals surface area contributed by atoms with Crippen LogP contribution in [0.1, 0.15) is 11.6 Å². The van der Waals surface area contributed by atoms with Gasteiger partial charge in [-0.2, -0.15) is 0 Å². The highest BCUT2D eigenvalue weighted by atomic mass is 19.1. The summed E-state index contributed by atoms with van der Waals surface area (Å²) in [7, 11) is 3.40. The molecule has 2 aromatic rings. The smallest absolute Gasteiger partial charge is 0.129 e. The zero-order valence-corrected chi connectivity index (χ0v) is 11.9. The number of hydrogen-bond donors (Lipinski definition) is 1. The van der Waals surface area contributed by atoms with E-state index in [4.69, 9.17) is 9.47 Å². The molecule has 1 N–H and O–H groups in total. The zero-order chi connectivity index (χ0) is 15.2. The largest absolute Gasteiger partial charge is 0.497 e. The maximum atomic E-state index is 13.1. The van der Waals surface area contributed by atoms with E-state index in [1.807, 2.05) is 24.3 Å². The molecule has 2 aromatic carbocycles. The number of ether oxygens (including phenoxy) is 2. The topological polar surface area (TPSA) is 30.5 Å². The summed E-state index contributed by atoms with van der Waals surface area (Å²) in [6, 6.07) is 10.6. The number of methoxy groups -OCH3 is 1. The lowest BCUT2D eigenvalue weighted by Gasteiger charge is -2.18. The quantitative estimate of drug-likeness (QED) is 0.886. The summed E-state index contributed by atoms with van der Waals surface area (Å²) < 4.78 is 36.7. The van der Waals surface area contributed by atoms with Crippen molar-refractivity contribution in [3.8, 4) is 11.5 Å². The summed E-state index contributed by atoms with van der Waals surface area (Å²) in [5.41, 5.74) is 0.996. The average Bonchev–Trinajstić information content (AvgIpc) is 2.47. The molecule has 0 fully saturated rings. The molecule has 0 spiro atoms. The lowest BCUT2D eigenvalue weighted by atomic mass is 10.1. The Kier molecular flexibility index (Phi) is 5.11. The summed E-state index contributed by atoms with van der Waals surface area (Å²) in [6.07, 6.45) is 0. The fraction of sp³-hybridized carbons (Fsp3) is 0.250. The van der Waals surface area contributed by atoms with Gasteiger partial charge in [-0.25, -0.2) is 8.78 Å². The Balaban J connectivity index is 2.04. The number of halogens is 2. The van der Waals surface area contributed by atoms with Crippen molar-refractivity contribution in [3.05, 3.63) is 59.7 Å². The predicted octanol–water partition coefficient (Wildman–Crippen LogP) is 3.31. The van der Waals surface area contributed by atoms with Gasteiger partial charge in [0.2, 0.25) is 0 Å². The number of hydrogen-bond acceptors (Lipinski definition) is 3. The number of nitrogens with one attached hydrogen (secondary N) is 1. The molecule has 112 valence electrons. The second kappa shape index (κ2) is 7.04. The van der Waals surface area contributed by atoms with Crippen LogP contribution in [0.15, 0.2) is 42.5 Å². The van der Waals surface area contributed by atoms with E-state index in [9.17, 15) is 8.78 Å². The van der Waals surface area contributed by atoms with Gasteiger partial charge in [0.25, 0.3) is 0 Å². The highest BCUT2D eigenvalue weighted by molar-refractivity contribution is 5.29. The fourth-order valence-electron chi connectivity index (χ4n) is 1.97. The summed E-state index contributed by atoms with van der Waals surface area (Å²) >= 11 is 0. The van der Waals surface area contributed by atoms with Gasteiger partial charge < -0.3 is 14.8 Å². The Morgan fingerprint density at radius 2 is 1.62 bits per heavy atom. The third kappa shape index (κ3) is 4.16. The lowest BCUT2D eigenvalue weighted by molar-refractivity contribution is 0.270. The summed E-state index contributed by atoms with van der Waals surface area (Å²) in [5.74, 6) is -0.381. The zero-order valence-electron chi connectivity index (χ0n) is 11.9. The van der Waals surface area contributed by atoms with E-state index in [1.54, 1.807) is 14.2 Å². The summed E-state index contributed by atoms with van der Waals surface area (Å²) in [4.78, 5) is 0. The third-order valence-electron chi connectivity index (χ3n) is 3.12. The van der Waals surface area contributed by atoms with Gasteiger partial charge in [-0.05, 0) is 24.7 Å². The van der Waals surface area contributed by atoms with Crippen LogP contribution in [0.3, 0.4) is 0 Å². The highest BCUT2D eigenvalue weighted by Gasteiger charge is 2.11. The minimum atomic E-state index is -0.657. The van der Waals surface area contributed by atoms with Crippen molar-refractivity contribution in [2.45, 2.75) is 6.04 Å². The van der Waals surface area contributed by atoms with E-state index in [2.05, 4.69) is 5.32 Å². The first-order chi connectivity index (χ1) is 10.1. The van der Waals surface area contributed by atoms with Gasteiger partial charge in [0.1, 0.15) is 29.7 Å². The first kappa shape index (κ1) is 15.3. The van der Waals surface area contributed by atoms with Crippen molar-refractivity contribution in [3.63, 3.8) is 0 Å². The SMILES string of the molecule is CNC(COc1cc(F)cc(F)c1)c1ccc(OC)cc1. The van der Waals surface area contributed by atoms with Crippen molar-refractivity contribution in [2.24, 2.45) is 0 Å². The molecule has 0 aliphatic rings. The molecule has 0 aliphatic heterocycles. The van der Waals surface area contributed by atoms with Crippen LogP contribution in [0.2, 0.25) is 0 Å². The molecule has 5 heteroatoms. The minimum absolute atomic E-state index is 0.0952. The second-order valence-corrected chi connectivity index (χ2v) is 4.53. The lowest BCUT2D eigenvalue weighted by Crippen LogP contribution is -2.23. The molecule has 0 bridgehead atoms. The number of likely N-dealkylation sites (N-methyl/N-ethyl adjacent to an activating group) is 1. The van der Waals surface area contributed by atoms with Gasteiger partial charge in [0, 0.05) is 18.2 Å². The Bertz CT molecular complexity index is 567. The van der Waals surface area contributed by atoms with Gasteiger partial charge >= 0.3 is 0 Å². The monoisotopic (exact) mass is 293 g/mol. The van der Waals surface area contributed by atoms with Crippen LogP contribution in [-0.4, -0.2) is 20.8 Å². The predicted molar refractivity (Wildman–Crippen MR) is 76.6 cm³/mol. The van der Waals surface area contributed by atoms with E-state index < -0.39 is 11.6 Å². The Labute approximate surface area is 122 Å². The van der Waals surface area contributed by atoms with Gasteiger partial charge in [0.15, 0.2) is 0 Å². The molecule has 0 heterocycles. The molecule has 0 saturated heterocycles. The minimum Gasteiger partial charge on any atom is -0.497 e. The van der Waals surface area contributed by atoms with Crippen molar-refractivity contribution in [1.82, 2.24) is 5.32 Å². The Morgan fingerprint density at radius 3 is 2.14 bits per heavy atom. The van der Waals surface area contributed by atoms with E-state index >= 15 is 0 Å². The fourth-order valence-corrected chi connectivity index (χ4v) is 1.97. The second-order valence-electron chi connectivity index (χ2n) is 4.53. The van der Waals surface area contributed by atoms with E-state index in [0.29, 0.717) is 0 Å². The van der Waals surface area contributed by atoms with Crippen LogP contribution in [0.5, 0.6) is 11.5 Å². The average molecular weight is 293 g/mol. The standard InChI is InChI=1S/C16H17F2NO2/c1-19-16(11-3-5-14(20-2)6-4-11)10-21-15-8-12(17)7-13(18)9-15/h3-9,16,19H,10H2,1-2H3. The first-order valence-electron chi connectivity index (χ1n) is 6.52. The number of benzene rings is 2. The van der Waals surface area contributed by atoms with E-state index in [-0.39, 0.29) is 18.4 Å². The normalized spacial score (nSPS) is 12.0. The van der Waals surface area contributed by atoms with Crippen LogP contribution in [0.4, 0.5) is 8.78 Å². The van der Waals surface area contributed by atoms with Crippen molar-refractivity contribution in [1.29, 1.82) is 0 Å². The Morgan fingerprint density at radius 1 is 1.00 bits per heavy atom. The third-order valence-corrected chi connectivity index (χ3v) is 3.12. The van der Waals surface area contributed by atoms with Gasteiger partial charge in [-0.15, -0.1) is 0 Å². The van der Waals surface area contributed by atoms with Crippen LogP contribution in [0.25, 0.3) is 0 Å². The molecule has 0 aliphatic carbocycles. The highest BCUT2D eigenvalue weighted by Crippen LogP contribution is 2.20. The summed E-state index contributed by atoms with van der Waals surface area (Å²) in [5, 5.41) is 3.10. The van der Waals surface area contributed by atoms with Crippen LogP contribution < -0.4 is 14.8 Å². The molecular formula is C16H17F2NO2. The molecule has 3 nitrogen and oxygen atoms in total. The van der Waals surface area contributed by atoms with Gasteiger partial charge in [-0.3, -0.25) is 0 Å². The molecular weight excluding hydrogens is 276 g/mol. The van der Waals surface area contributed by atoms with Crippen molar-refractivity contribution >= 4 is 0 Å². The molecule has 0 saturated carbocycles. The molecule has 2 rings (SSSR count). The Hall–Kier alpha value is -2.14. The van der Waals surface area contributed by atoms with Crippen LogP contribution in [0, 0.1) is 11.6 Å². The van der Waals surface area contributed by atoms with Crippen LogP contribution in [-0.2, 0) is 0 Å². The first-order valence-corrected chi connectivity index (χ1v) is 6.52. The van der Waals surface area contributed by atoms with Crippen molar-refractivity contribution in [2.75, 3.05) is 20.8 Å². The maximum Gasteiger partial charge on any atom is 0.129 e. The van der Waals surface area contributed by atoms with E-state index in [0.717, 1.165) is 29.5 Å². The van der Waals surface area contributed by atoms with Gasteiger partial charge in [0.05, 0.1) is 13.2 Å². The number of rotatable bonds is 6. The molecule has 0 radical (unpaired) electrons. The molecule has 21 heavy (non-hydrogen) atoms.